The molecule has 0 aromatic rings. The lowest BCUT2D eigenvalue weighted by atomic mass is 9.78. The van der Waals surface area contributed by atoms with Crippen molar-refractivity contribution in [2.75, 3.05) is 34.5 Å². The van der Waals surface area contributed by atoms with Gasteiger partial charge in [0.1, 0.15) is 36.2 Å². The number of piperidine rings is 1. The van der Waals surface area contributed by atoms with Gasteiger partial charge in [-0.05, 0) is 114 Å². The molecule has 4 aliphatic rings. The van der Waals surface area contributed by atoms with Crippen LogP contribution in [-0.2, 0) is 52.4 Å². The number of carbonyl (C=O) groups excluding carboxylic acids is 6. The molecule has 0 radical (unpaired) electrons. The summed E-state index contributed by atoms with van der Waals surface area (Å²) >= 11 is 0. The van der Waals surface area contributed by atoms with Crippen molar-refractivity contribution in [1.82, 2.24) is 10.2 Å². The molecule has 406 valence electrons. The number of aliphatic hydroxyl groups is 3. The molecule has 2 saturated heterocycles. The average Bonchev–Trinajstić information content (AvgIpc) is 3.35. The van der Waals surface area contributed by atoms with E-state index in [2.05, 4.69) is 5.32 Å². The van der Waals surface area contributed by atoms with Crippen molar-refractivity contribution in [3.63, 3.8) is 0 Å². The van der Waals surface area contributed by atoms with E-state index in [0.29, 0.717) is 69.8 Å². The number of cyclic esters (lactones) is 1. The standard InChI is InChI=1S/C55H86N2O15/c1-32-17-13-12-14-18-33(2)45(67-9)29-41-22-20-38(7)55(66,72-41)51(62)52(63)57-24-16-15-19-42(57)53(64)70-46(30-43(59)34(3)26-37(6)49(61)50(69-11)48(60)36(5)25-32)35(4)27-40-21-23-44(47(28-40)68-10)71-54(65)56-39(8)31-58/h12-14,17-18,26,32,34-36,38-42,44-47,49-50,58,61,66H,15-16,19-25,27-31H2,1-11H3,(H,56,65)/b14-12+,17-13+,33-18+,37-26+/t32-,34-,35-,36-,38-,39-,40?,41+,42+,44+,45+,46+,47+,49-,50+,55-/m1/s1. The van der Waals surface area contributed by atoms with E-state index in [4.69, 9.17) is 28.4 Å². The topological polar surface area (TPSA) is 234 Å². The summed E-state index contributed by atoms with van der Waals surface area (Å²) in [4.78, 5) is 84.9. The minimum Gasteiger partial charge on any atom is -0.460 e. The number of ketones is 3. The maximum atomic E-state index is 14.5. The summed E-state index contributed by atoms with van der Waals surface area (Å²) in [5.41, 5.74) is 1.23. The van der Waals surface area contributed by atoms with Gasteiger partial charge in [-0.3, -0.25) is 19.2 Å². The number of fused-ring (bicyclic) bond motifs is 3. The van der Waals surface area contributed by atoms with E-state index in [9.17, 15) is 44.1 Å². The van der Waals surface area contributed by atoms with Crippen LogP contribution in [0.5, 0.6) is 0 Å². The first kappa shape index (κ1) is 60.5. The van der Waals surface area contributed by atoms with Crippen LogP contribution in [0.1, 0.15) is 132 Å². The second kappa shape index (κ2) is 28.5. The molecule has 3 heterocycles. The number of Topliss-reactive ketones (excluding diaryl/α,β-unsaturated/α-hetero) is 3. The minimum absolute atomic E-state index is 0.000230. The number of methoxy groups -OCH3 is 3. The fourth-order valence-corrected chi connectivity index (χ4v) is 10.7. The van der Waals surface area contributed by atoms with E-state index in [1.54, 1.807) is 47.8 Å². The van der Waals surface area contributed by atoms with E-state index in [-0.39, 0.29) is 49.4 Å². The van der Waals surface area contributed by atoms with Crippen LogP contribution >= 0.6 is 0 Å². The summed E-state index contributed by atoms with van der Waals surface area (Å²) in [6.45, 7) is 14.0. The van der Waals surface area contributed by atoms with Gasteiger partial charge in [-0.2, -0.15) is 0 Å². The Bertz CT molecular complexity index is 1970. The van der Waals surface area contributed by atoms with E-state index in [0.717, 1.165) is 5.57 Å². The first-order valence-electron chi connectivity index (χ1n) is 26.2. The summed E-state index contributed by atoms with van der Waals surface area (Å²) in [5, 5.41) is 35.5. The molecule has 1 unspecified atom stereocenters. The number of carbonyl (C=O) groups is 6. The zero-order valence-corrected chi connectivity index (χ0v) is 44.7. The van der Waals surface area contributed by atoms with Crippen molar-refractivity contribution in [2.24, 2.45) is 35.5 Å². The van der Waals surface area contributed by atoms with Gasteiger partial charge in [0, 0.05) is 58.5 Å². The van der Waals surface area contributed by atoms with Gasteiger partial charge in [-0.25, -0.2) is 9.59 Å². The second-order valence-corrected chi connectivity index (χ2v) is 21.2. The molecule has 4 rings (SSSR count). The third-order valence-electron chi connectivity index (χ3n) is 15.3. The van der Waals surface area contributed by atoms with Crippen molar-refractivity contribution in [3.05, 3.63) is 47.6 Å². The molecular formula is C55H86N2O15. The molecule has 1 saturated carbocycles. The second-order valence-electron chi connectivity index (χ2n) is 21.2. The first-order valence-corrected chi connectivity index (χ1v) is 26.2. The Morgan fingerprint density at radius 3 is 2.26 bits per heavy atom. The van der Waals surface area contributed by atoms with Gasteiger partial charge in [-0.15, -0.1) is 0 Å². The zero-order valence-electron chi connectivity index (χ0n) is 44.7. The molecule has 1 aliphatic carbocycles. The first-order chi connectivity index (χ1) is 34.1. The smallest absolute Gasteiger partial charge is 0.407 e. The predicted octanol–water partition coefficient (Wildman–Crippen LogP) is 6.30. The van der Waals surface area contributed by atoms with Crippen molar-refractivity contribution in [2.45, 2.75) is 193 Å². The van der Waals surface area contributed by atoms with Crippen LogP contribution in [0.15, 0.2) is 47.6 Å². The molecule has 17 heteroatoms. The summed E-state index contributed by atoms with van der Waals surface area (Å²) in [6, 6.07) is -1.68. The molecule has 2 amide bonds. The third-order valence-corrected chi connectivity index (χ3v) is 15.3. The predicted molar refractivity (Wildman–Crippen MR) is 269 cm³/mol. The molecule has 0 aromatic carbocycles. The molecule has 72 heavy (non-hydrogen) atoms. The highest BCUT2D eigenvalue weighted by Crippen LogP contribution is 2.38. The minimum atomic E-state index is -2.46. The Balaban J connectivity index is 1.68. The average molecular weight is 1020 g/mol. The largest absolute Gasteiger partial charge is 0.460 e. The molecular weight excluding hydrogens is 929 g/mol. The lowest BCUT2D eigenvalue weighted by Crippen LogP contribution is -2.61. The quantitative estimate of drug-likeness (QED) is 0.113. The number of esters is 1. The summed E-state index contributed by atoms with van der Waals surface area (Å²) in [5.74, 6) is -8.42. The Morgan fingerprint density at radius 1 is 0.875 bits per heavy atom. The van der Waals surface area contributed by atoms with Crippen LogP contribution in [0.3, 0.4) is 0 Å². The fraction of sp³-hybridized carbons (Fsp3) is 0.745. The summed E-state index contributed by atoms with van der Waals surface area (Å²) in [7, 11) is 4.47. The maximum Gasteiger partial charge on any atom is 0.407 e. The van der Waals surface area contributed by atoms with E-state index in [1.807, 2.05) is 51.2 Å². The van der Waals surface area contributed by atoms with Gasteiger partial charge in [0.15, 0.2) is 5.78 Å². The summed E-state index contributed by atoms with van der Waals surface area (Å²) in [6.07, 6.45) is 9.69. The SMILES string of the molecule is CO[C@H]1C[C@@H]2CC[C@@H](C)[C@@](O)(O2)C(=O)C(=O)N2CCCC[C@H]2C(=O)O[C@H]([C@H](C)CC2CC[C@H](OC(=O)N[C@H](C)CO)[C@@H](OC)C2)CC(=O)[C@H](C)/C=C(\C)[C@@H](O)[C@@H](OC)C(=O)[C@H](C)C[C@H](C)/C=C/C=C/C=C/1C. The number of amides is 2. The van der Waals surface area contributed by atoms with Gasteiger partial charge in [-0.1, -0.05) is 71.1 Å². The summed E-state index contributed by atoms with van der Waals surface area (Å²) < 4.78 is 35.4. The highest BCUT2D eigenvalue weighted by Gasteiger charge is 2.53. The van der Waals surface area contributed by atoms with Crippen LogP contribution < -0.4 is 5.32 Å². The number of rotatable bonds is 9. The Kier molecular flexibility index (Phi) is 24.0. The molecule has 3 fully saturated rings. The number of ether oxygens (including phenoxy) is 6. The Labute approximate surface area is 427 Å². The number of aliphatic hydroxyl groups excluding tert-OH is 2. The van der Waals surface area contributed by atoms with Gasteiger partial charge in [0.05, 0.1) is 31.0 Å². The fourth-order valence-electron chi connectivity index (χ4n) is 10.7. The molecule has 16 atom stereocenters. The van der Waals surface area contributed by atoms with E-state index in [1.165, 1.54) is 19.1 Å². The van der Waals surface area contributed by atoms with Crippen LogP contribution in [0.4, 0.5) is 4.79 Å². The highest BCUT2D eigenvalue weighted by atomic mass is 16.6. The number of hydrogen-bond acceptors (Lipinski definition) is 15. The van der Waals surface area contributed by atoms with Crippen molar-refractivity contribution < 1.29 is 72.5 Å². The molecule has 0 aromatic heterocycles. The lowest BCUT2D eigenvalue weighted by molar-refractivity contribution is -0.265. The molecule has 2 bridgehead atoms. The van der Waals surface area contributed by atoms with Gasteiger partial charge in [0.2, 0.25) is 5.79 Å². The van der Waals surface area contributed by atoms with Crippen LogP contribution in [-0.4, -0.2) is 151 Å². The van der Waals surface area contributed by atoms with Gasteiger partial charge < -0.3 is 54.0 Å². The number of nitrogens with one attached hydrogen (secondary N) is 1. The number of alkyl carbamates (subject to hydrolysis) is 1. The maximum absolute atomic E-state index is 14.5. The van der Waals surface area contributed by atoms with E-state index < -0.39 is 108 Å². The van der Waals surface area contributed by atoms with Crippen molar-refractivity contribution in [1.29, 1.82) is 0 Å². The molecule has 0 spiro atoms. The lowest BCUT2D eigenvalue weighted by Gasteiger charge is -2.42. The molecule has 4 N–H and O–H groups in total. The Morgan fingerprint density at radius 2 is 1.60 bits per heavy atom. The highest BCUT2D eigenvalue weighted by molar-refractivity contribution is 6.39. The van der Waals surface area contributed by atoms with Gasteiger partial charge in [0.25, 0.3) is 11.7 Å². The van der Waals surface area contributed by atoms with Crippen molar-refractivity contribution >= 4 is 35.3 Å². The van der Waals surface area contributed by atoms with Gasteiger partial charge >= 0.3 is 12.1 Å². The molecule has 3 aliphatic heterocycles. The van der Waals surface area contributed by atoms with E-state index >= 15 is 0 Å². The van der Waals surface area contributed by atoms with Crippen LogP contribution in [0.2, 0.25) is 0 Å². The third kappa shape index (κ3) is 16.4. The number of nitrogens with zero attached hydrogens (tertiary/aromatic N) is 1. The monoisotopic (exact) mass is 1010 g/mol. The molecule has 17 nitrogen and oxygen atoms in total. The Hall–Kier alpha value is -4.10. The number of allylic oxidation sites excluding steroid dienone is 6. The zero-order chi connectivity index (χ0) is 53.4. The number of hydrogen-bond donors (Lipinski definition) is 4. The van der Waals surface area contributed by atoms with Crippen molar-refractivity contribution in [3.8, 4) is 0 Å². The van der Waals surface area contributed by atoms with Crippen LogP contribution in [0.25, 0.3) is 0 Å². The van der Waals surface area contributed by atoms with Crippen LogP contribution in [0, 0.1) is 35.5 Å². The normalized spacial score (nSPS) is 37.9.